The Morgan fingerprint density at radius 3 is 2.76 bits per heavy atom. The zero-order valence-electron chi connectivity index (χ0n) is 15.7. The summed E-state index contributed by atoms with van der Waals surface area (Å²) in [7, 11) is 0. The number of aromatic nitrogens is 4. The number of carbonyl (C=O) groups excluding carboxylic acids is 1. The largest absolute Gasteiger partial charge is 0.573 e. The van der Waals surface area contributed by atoms with Crippen molar-refractivity contribution in [2.45, 2.75) is 39.1 Å². The Morgan fingerprint density at radius 1 is 1.31 bits per heavy atom. The Morgan fingerprint density at radius 2 is 2.07 bits per heavy atom. The van der Waals surface area contributed by atoms with Gasteiger partial charge < -0.3 is 10.1 Å². The molecule has 7 nitrogen and oxygen atoms in total. The molecule has 0 saturated heterocycles. The number of pyridine rings is 1. The van der Waals surface area contributed by atoms with Gasteiger partial charge in [-0.2, -0.15) is 0 Å². The highest BCUT2D eigenvalue weighted by atomic mass is 19.4. The first-order chi connectivity index (χ1) is 13.7. The maximum Gasteiger partial charge on any atom is 0.573 e. The molecule has 152 valence electrons. The van der Waals surface area contributed by atoms with Gasteiger partial charge in [0.15, 0.2) is 11.3 Å². The molecule has 29 heavy (non-hydrogen) atoms. The Kier molecular flexibility index (Phi) is 4.64. The summed E-state index contributed by atoms with van der Waals surface area (Å²) in [5.74, 6) is -0.289. The molecule has 1 atom stereocenters. The van der Waals surface area contributed by atoms with Gasteiger partial charge in [-0.1, -0.05) is 0 Å². The van der Waals surface area contributed by atoms with Crippen LogP contribution in [0.2, 0.25) is 0 Å². The van der Waals surface area contributed by atoms with E-state index in [2.05, 4.69) is 25.0 Å². The molecule has 4 rings (SSSR count). The average Bonchev–Trinajstić information content (AvgIpc) is 3.40. The number of alkyl halides is 3. The molecule has 3 aromatic rings. The van der Waals surface area contributed by atoms with Crippen molar-refractivity contribution in [1.29, 1.82) is 0 Å². The molecule has 1 N–H and O–H groups in total. The van der Waals surface area contributed by atoms with E-state index in [0.717, 1.165) is 19.0 Å². The Balaban J connectivity index is 1.69. The minimum absolute atomic E-state index is 0.0453. The Hall–Kier alpha value is -3.17. The Bertz CT molecular complexity index is 1080. The number of fused-ring (bicyclic) bond motifs is 1. The van der Waals surface area contributed by atoms with E-state index in [0.29, 0.717) is 28.5 Å². The van der Waals surface area contributed by atoms with Crippen LogP contribution in [-0.2, 0) is 0 Å². The minimum atomic E-state index is -4.82. The van der Waals surface area contributed by atoms with Gasteiger partial charge in [0.05, 0.1) is 11.9 Å². The summed E-state index contributed by atoms with van der Waals surface area (Å²) in [5, 5.41) is 2.94. The van der Waals surface area contributed by atoms with Crippen LogP contribution in [0.4, 0.5) is 13.2 Å². The number of hydrogen-bond donors (Lipinski definition) is 1. The second-order valence-electron chi connectivity index (χ2n) is 7.13. The summed E-state index contributed by atoms with van der Waals surface area (Å²) >= 11 is 0. The fraction of sp³-hybridized carbons (Fsp3) is 0.368. The summed E-state index contributed by atoms with van der Waals surface area (Å²) in [5.41, 5.74) is 1.89. The van der Waals surface area contributed by atoms with E-state index in [4.69, 9.17) is 0 Å². The number of rotatable bonds is 5. The molecule has 0 spiro atoms. The standard InChI is InChI=1S/C19H18F3N5O2/c1-10-5-15(13-6-14(8-23-7-13)29-19(20,21)22)26-17-16(24-9-27(10)17)18(28)25-11(2)12-3-4-12/h5-9,11-12H,3-4H2,1-2H3,(H,25,28). The minimum Gasteiger partial charge on any atom is -0.404 e. The number of nitrogens with one attached hydrogen (secondary N) is 1. The van der Waals surface area contributed by atoms with Crippen LogP contribution in [0.3, 0.4) is 0 Å². The summed E-state index contributed by atoms with van der Waals surface area (Å²) < 4.78 is 43.1. The summed E-state index contributed by atoms with van der Waals surface area (Å²) in [4.78, 5) is 25.1. The maximum atomic E-state index is 12.6. The number of halogens is 3. The number of amides is 1. The average molecular weight is 405 g/mol. The van der Waals surface area contributed by atoms with Crippen molar-refractivity contribution < 1.29 is 22.7 Å². The van der Waals surface area contributed by atoms with Crippen LogP contribution >= 0.6 is 0 Å². The summed E-state index contributed by atoms with van der Waals surface area (Å²) in [6.07, 6.45) is 1.22. The molecule has 0 aliphatic heterocycles. The molecule has 1 unspecified atom stereocenters. The normalized spacial score (nSPS) is 15.3. The number of hydrogen-bond acceptors (Lipinski definition) is 5. The number of carbonyl (C=O) groups is 1. The fourth-order valence-corrected chi connectivity index (χ4v) is 3.17. The van der Waals surface area contributed by atoms with Crippen molar-refractivity contribution >= 4 is 11.6 Å². The predicted molar refractivity (Wildman–Crippen MR) is 97.3 cm³/mol. The first-order valence-corrected chi connectivity index (χ1v) is 9.08. The molecule has 3 aromatic heterocycles. The van der Waals surface area contributed by atoms with Gasteiger partial charge in [-0.05, 0) is 44.7 Å². The van der Waals surface area contributed by atoms with Gasteiger partial charge in [0.1, 0.15) is 12.1 Å². The lowest BCUT2D eigenvalue weighted by molar-refractivity contribution is -0.274. The third kappa shape index (κ3) is 4.15. The molecule has 3 heterocycles. The van der Waals surface area contributed by atoms with Gasteiger partial charge in [-0.25, -0.2) is 9.97 Å². The zero-order chi connectivity index (χ0) is 20.8. The van der Waals surface area contributed by atoms with Crippen LogP contribution in [-0.4, -0.2) is 37.7 Å². The second-order valence-corrected chi connectivity index (χ2v) is 7.13. The lowest BCUT2D eigenvalue weighted by atomic mass is 10.1. The van der Waals surface area contributed by atoms with Crippen molar-refractivity contribution in [3.05, 3.63) is 42.2 Å². The lowest BCUT2D eigenvalue weighted by Gasteiger charge is -2.12. The number of imidazole rings is 1. The van der Waals surface area contributed by atoms with E-state index < -0.39 is 12.1 Å². The molecule has 0 bridgehead atoms. The highest BCUT2D eigenvalue weighted by molar-refractivity contribution is 5.98. The van der Waals surface area contributed by atoms with Crippen LogP contribution in [0.5, 0.6) is 5.75 Å². The van der Waals surface area contributed by atoms with Crippen LogP contribution in [0.15, 0.2) is 30.9 Å². The van der Waals surface area contributed by atoms with Gasteiger partial charge in [-0.3, -0.25) is 14.2 Å². The van der Waals surface area contributed by atoms with Crippen molar-refractivity contribution in [1.82, 2.24) is 24.7 Å². The highest BCUT2D eigenvalue weighted by Gasteiger charge is 2.32. The molecule has 0 radical (unpaired) electrons. The van der Waals surface area contributed by atoms with Crippen molar-refractivity contribution in [2.75, 3.05) is 0 Å². The molecule has 1 fully saturated rings. The lowest BCUT2D eigenvalue weighted by Crippen LogP contribution is -2.34. The van der Waals surface area contributed by atoms with Gasteiger partial charge in [0.2, 0.25) is 0 Å². The third-order valence-electron chi connectivity index (χ3n) is 4.84. The SMILES string of the molecule is Cc1cc(-c2cncc(OC(F)(F)F)c2)nc2c(C(=O)NC(C)C3CC3)ncn12. The van der Waals surface area contributed by atoms with Crippen LogP contribution < -0.4 is 10.1 Å². The van der Waals surface area contributed by atoms with Crippen molar-refractivity contribution in [3.8, 4) is 17.0 Å². The van der Waals surface area contributed by atoms with Gasteiger partial charge >= 0.3 is 6.36 Å². The first-order valence-electron chi connectivity index (χ1n) is 9.08. The fourth-order valence-electron chi connectivity index (χ4n) is 3.17. The molecule has 1 amide bonds. The van der Waals surface area contributed by atoms with E-state index in [1.54, 1.807) is 17.4 Å². The predicted octanol–water partition coefficient (Wildman–Crippen LogP) is 3.53. The first kappa shape index (κ1) is 19.2. The number of nitrogens with zero attached hydrogens (tertiary/aromatic N) is 4. The van der Waals surface area contributed by atoms with E-state index in [9.17, 15) is 18.0 Å². The molecule has 1 aliphatic rings. The summed E-state index contributed by atoms with van der Waals surface area (Å²) in [6.45, 7) is 3.74. The molecular formula is C19H18F3N5O2. The monoisotopic (exact) mass is 405 g/mol. The summed E-state index contributed by atoms with van der Waals surface area (Å²) in [6, 6.07) is 2.92. The Labute approximate surface area is 164 Å². The van der Waals surface area contributed by atoms with Gasteiger partial charge in [-0.15, -0.1) is 13.2 Å². The number of aryl methyl sites for hydroxylation is 1. The number of ether oxygens (including phenoxy) is 1. The van der Waals surface area contributed by atoms with E-state index in [1.165, 1.54) is 18.6 Å². The van der Waals surface area contributed by atoms with Crippen molar-refractivity contribution in [3.63, 3.8) is 0 Å². The molecule has 1 aliphatic carbocycles. The third-order valence-corrected chi connectivity index (χ3v) is 4.84. The van der Waals surface area contributed by atoms with Gasteiger partial charge in [0.25, 0.3) is 5.91 Å². The van der Waals surface area contributed by atoms with E-state index >= 15 is 0 Å². The smallest absolute Gasteiger partial charge is 0.404 e. The van der Waals surface area contributed by atoms with Crippen LogP contribution in [0, 0.1) is 12.8 Å². The molecule has 1 saturated carbocycles. The molecular weight excluding hydrogens is 387 g/mol. The zero-order valence-corrected chi connectivity index (χ0v) is 15.7. The molecule has 0 aromatic carbocycles. The van der Waals surface area contributed by atoms with Crippen molar-refractivity contribution in [2.24, 2.45) is 5.92 Å². The van der Waals surface area contributed by atoms with Crippen LogP contribution in [0.1, 0.15) is 35.9 Å². The van der Waals surface area contributed by atoms with Gasteiger partial charge in [0, 0.05) is 23.5 Å². The highest BCUT2D eigenvalue weighted by Crippen LogP contribution is 2.32. The van der Waals surface area contributed by atoms with E-state index in [-0.39, 0.29) is 17.6 Å². The molecule has 10 heteroatoms. The van der Waals surface area contributed by atoms with Crippen LogP contribution in [0.25, 0.3) is 16.9 Å². The maximum absolute atomic E-state index is 12.6. The topological polar surface area (TPSA) is 81.4 Å². The second kappa shape index (κ2) is 7.02. The quantitative estimate of drug-likeness (QED) is 0.702. The van der Waals surface area contributed by atoms with E-state index in [1.807, 2.05) is 6.92 Å².